The molecule has 0 aliphatic carbocycles. The van der Waals surface area contributed by atoms with Crippen molar-refractivity contribution in [3.63, 3.8) is 0 Å². The SMILES string of the molecule is C[Si](C)(C)CCC[C@@H](OP(=O)(Oc1ccccc1)Oc1ccccc1)C(F)(F)F. The predicted octanol–water partition coefficient (Wildman–Crippen LogP) is 7.32. The Morgan fingerprint density at radius 1 is 0.897 bits per heavy atom. The molecule has 0 heterocycles. The van der Waals surface area contributed by atoms with Crippen molar-refractivity contribution in [3.05, 3.63) is 60.7 Å². The molecule has 0 spiro atoms. The first-order chi connectivity index (χ1) is 13.5. The van der Waals surface area contributed by atoms with Gasteiger partial charge in [0.1, 0.15) is 11.5 Å². The summed E-state index contributed by atoms with van der Waals surface area (Å²) < 4.78 is 69.6. The van der Waals surface area contributed by atoms with E-state index in [9.17, 15) is 17.7 Å². The van der Waals surface area contributed by atoms with Gasteiger partial charge in [-0.3, -0.25) is 4.52 Å². The van der Waals surface area contributed by atoms with Gasteiger partial charge >= 0.3 is 14.0 Å². The summed E-state index contributed by atoms with van der Waals surface area (Å²) in [4.78, 5) is 0. The van der Waals surface area contributed by atoms with Gasteiger partial charge < -0.3 is 9.05 Å². The summed E-state index contributed by atoms with van der Waals surface area (Å²) in [6.45, 7) is 6.25. The molecule has 2 aromatic carbocycles. The molecule has 4 nitrogen and oxygen atoms in total. The van der Waals surface area contributed by atoms with E-state index in [0.717, 1.165) is 0 Å². The fraction of sp³-hybridized carbons (Fsp3) is 0.400. The van der Waals surface area contributed by atoms with Crippen molar-refractivity contribution in [2.45, 2.75) is 50.8 Å². The minimum absolute atomic E-state index is 0.0924. The topological polar surface area (TPSA) is 44.8 Å². The van der Waals surface area contributed by atoms with E-state index in [-0.39, 0.29) is 17.9 Å². The van der Waals surface area contributed by atoms with Crippen LogP contribution >= 0.6 is 7.82 Å². The van der Waals surface area contributed by atoms with Gasteiger partial charge in [-0.2, -0.15) is 13.2 Å². The molecule has 0 radical (unpaired) electrons. The molecule has 0 saturated carbocycles. The number of phosphoric ester groups is 1. The van der Waals surface area contributed by atoms with Crippen molar-refractivity contribution in [1.29, 1.82) is 0 Å². The van der Waals surface area contributed by atoms with Crippen molar-refractivity contribution in [3.8, 4) is 11.5 Å². The molecule has 0 unspecified atom stereocenters. The minimum atomic E-state index is -4.70. The van der Waals surface area contributed by atoms with Crippen LogP contribution in [0, 0.1) is 0 Å². The molecule has 2 rings (SSSR count). The summed E-state index contributed by atoms with van der Waals surface area (Å²) >= 11 is 0. The van der Waals surface area contributed by atoms with Crippen LogP contribution < -0.4 is 9.05 Å². The molecule has 2 aromatic rings. The summed E-state index contributed by atoms with van der Waals surface area (Å²) in [6, 6.07) is 16.4. The molecule has 0 bridgehead atoms. The van der Waals surface area contributed by atoms with Crippen molar-refractivity contribution in [2.24, 2.45) is 0 Å². The molecule has 0 N–H and O–H groups in total. The minimum Gasteiger partial charge on any atom is -0.395 e. The average molecular weight is 446 g/mol. The third kappa shape index (κ3) is 8.64. The maximum atomic E-state index is 13.6. The van der Waals surface area contributed by atoms with Crippen LogP contribution in [0.3, 0.4) is 0 Å². The standard InChI is InChI=1S/C20H26F3O4PSi/c1-29(2,3)16-10-15-19(20(21,22)23)27-28(24,25-17-11-6-4-7-12-17)26-18-13-8-5-9-14-18/h4-9,11-14,19H,10,15-16H2,1-3H3/t19-/m1/s1. The second-order valence-corrected chi connectivity index (χ2v) is 14.9. The average Bonchev–Trinajstić information content (AvgIpc) is 2.60. The lowest BCUT2D eigenvalue weighted by Gasteiger charge is -2.26. The van der Waals surface area contributed by atoms with Gasteiger partial charge in [0.05, 0.1) is 0 Å². The number of hydrogen-bond donors (Lipinski definition) is 0. The van der Waals surface area contributed by atoms with Gasteiger partial charge in [0, 0.05) is 8.07 Å². The van der Waals surface area contributed by atoms with Crippen LogP contribution in [-0.4, -0.2) is 20.4 Å². The molecule has 0 amide bonds. The molecule has 9 heteroatoms. The second-order valence-electron chi connectivity index (χ2n) is 7.84. The smallest absolute Gasteiger partial charge is 0.395 e. The fourth-order valence-corrected chi connectivity index (χ4v) is 5.22. The van der Waals surface area contributed by atoms with Crippen molar-refractivity contribution < 1.29 is 31.3 Å². The zero-order chi connectivity index (χ0) is 21.5. The highest BCUT2D eigenvalue weighted by molar-refractivity contribution is 7.49. The number of phosphoric acid groups is 1. The number of hydrogen-bond acceptors (Lipinski definition) is 4. The summed E-state index contributed by atoms with van der Waals surface area (Å²) in [5.41, 5.74) is 0. The van der Waals surface area contributed by atoms with Crippen LogP contribution in [0.5, 0.6) is 11.5 Å². The van der Waals surface area contributed by atoms with Gasteiger partial charge in [-0.1, -0.05) is 68.5 Å². The van der Waals surface area contributed by atoms with Crippen molar-refractivity contribution in [2.75, 3.05) is 0 Å². The number of para-hydroxylation sites is 2. The maximum Gasteiger partial charge on any atom is 0.588 e. The molecule has 0 fully saturated rings. The predicted molar refractivity (Wildman–Crippen MR) is 110 cm³/mol. The Morgan fingerprint density at radius 2 is 1.34 bits per heavy atom. The molecular formula is C20H26F3O4PSi. The summed E-state index contributed by atoms with van der Waals surface area (Å²) in [7, 11) is -6.12. The molecule has 0 saturated heterocycles. The summed E-state index contributed by atoms with van der Waals surface area (Å²) in [5.74, 6) is 0.185. The highest BCUT2D eigenvalue weighted by Gasteiger charge is 2.47. The van der Waals surface area contributed by atoms with E-state index in [1.165, 1.54) is 24.3 Å². The fourth-order valence-electron chi connectivity index (χ4n) is 2.53. The van der Waals surface area contributed by atoms with Gasteiger partial charge in [0.25, 0.3) is 0 Å². The lowest BCUT2D eigenvalue weighted by atomic mass is 10.2. The third-order valence-electron chi connectivity index (χ3n) is 3.94. The summed E-state index contributed by atoms with van der Waals surface area (Å²) in [6.07, 6.45) is -6.95. The maximum absolute atomic E-state index is 13.6. The van der Waals surface area contributed by atoms with Gasteiger partial charge in [-0.15, -0.1) is 0 Å². The Balaban J connectivity index is 2.23. The van der Waals surface area contributed by atoms with Crippen LogP contribution in [0.25, 0.3) is 0 Å². The van der Waals surface area contributed by atoms with Crippen LogP contribution in [0.1, 0.15) is 12.8 Å². The van der Waals surface area contributed by atoms with Crippen LogP contribution in [-0.2, 0) is 9.09 Å². The number of rotatable bonds is 10. The molecule has 160 valence electrons. The Labute approximate surface area is 170 Å². The lowest BCUT2D eigenvalue weighted by molar-refractivity contribution is -0.200. The Hall–Kier alpha value is -1.76. The summed E-state index contributed by atoms with van der Waals surface area (Å²) in [5, 5.41) is 0. The molecule has 0 aliphatic heterocycles. The quantitative estimate of drug-likeness (QED) is 0.283. The first-order valence-corrected chi connectivity index (χ1v) is 14.5. The van der Waals surface area contributed by atoms with Gasteiger partial charge in [0.15, 0.2) is 6.10 Å². The number of halogens is 3. The molecular weight excluding hydrogens is 420 g/mol. The van der Waals surface area contributed by atoms with E-state index in [2.05, 4.69) is 19.6 Å². The van der Waals surface area contributed by atoms with Crippen LogP contribution in [0.15, 0.2) is 60.7 Å². The highest BCUT2D eigenvalue weighted by Crippen LogP contribution is 2.52. The van der Waals surface area contributed by atoms with E-state index in [0.29, 0.717) is 12.5 Å². The Kier molecular flexibility index (Phi) is 7.97. The van der Waals surface area contributed by atoms with Crippen LogP contribution in [0.4, 0.5) is 13.2 Å². The third-order valence-corrected chi connectivity index (χ3v) is 7.17. The van der Waals surface area contributed by atoms with Crippen molar-refractivity contribution >= 4 is 15.9 Å². The molecule has 0 aromatic heterocycles. The molecule has 0 aliphatic rings. The van der Waals surface area contributed by atoms with E-state index in [1.54, 1.807) is 36.4 Å². The monoisotopic (exact) mass is 446 g/mol. The normalized spacial score (nSPS) is 13.7. The van der Waals surface area contributed by atoms with Crippen LogP contribution in [0.2, 0.25) is 25.7 Å². The zero-order valence-corrected chi connectivity index (χ0v) is 18.6. The van der Waals surface area contributed by atoms with E-state index in [1.807, 2.05) is 0 Å². The van der Waals surface area contributed by atoms with Gasteiger partial charge in [0.2, 0.25) is 0 Å². The van der Waals surface area contributed by atoms with Crippen molar-refractivity contribution in [1.82, 2.24) is 0 Å². The van der Waals surface area contributed by atoms with E-state index < -0.39 is 28.2 Å². The van der Waals surface area contributed by atoms with E-state index >= 15 is 0 Å². The number of benzene rings is 2. The second kappa shape index (κ2) is 9.83. The zero-order valence-electron chi connectivity index (χ0n) is 16.7. The Bertz CT molecular complexity index is 749. The highest BCUT2D eigenvalue weighted by atomic mass is 31.2. The Morgan fingerprint density at radius 3 is 1.72 bits per heavy atom. The largest absolute Gasteiger partial charge is 0.588 e. The first kappa shape index (κ1) is 23.5. The van der Waals surface area contributed by atoms with Gasteiger partial charge in [-0.25, -0.2) is 4.57 Å². The van der Waals surface area contributed by atoms with Gasteiger partial charge in [-0.05, 0) is 30.7 Å². The first-order valence-electron chi connectivity index (χ1n) is 9.31. The number of alkyl halides is 3. The molecule has 1 atom stereocenters. The lowest BCUT2D eigenvalue weighted by Crippen LogP contribution is -2.32. The molecule has 29 heavy (non-hydrogen) atoms. The van der Waals surface area contributed by atoms with E-state index in [4.69, 9.17) is 13.6 Å².